The molecule has 0 unspecified atom stereocenters. The molecule has 0 fully saturated rings. The Balaban J connectivity index is 1.33. The van der Waals surface area contributed by atoms with E-state index in [2.05, 4.69) is 5.32 Å². The number of rotatable bonds is 7. The summed E-state index contributed by atoms with van der Waals surface area (Å²) in [4.78, 5) is 25.1. The van der Waals surface area contributed by atoms with E-state index >= 15 is 0 Å². The number of esters is 1. The molecule has 4 rings (SSSR count). The van der Waals surface area contributed by atoms with E-state index < -0.39 is 34.4 Å². The lowest BCUT2D eigenvalue weighted by atomic mass is 9.88. The number of carbonyl (C=O) groups is 2. The lowest BCUT2D eigenvalue weighted by Gasteiger charge is -2.26. The molecule has 3 aromatic carbocycles. The van der Waals surface area contributed by atoms with Gasteiger partial charge < -0.3 is 14.8 Å². The first-order chi connectivity index (χ1) is 15.8. The first-order valence-corrected chi connectivity index (χ1v) is 11.8. The molecule has 0 saturated heterocycles. The first-order valence-electron chi connectivity index (χ1n) is 10.2. The minimum Gasteiger partial charge on any atom is -0.457 e. The maximum absolute atomic E-state index is 12.9. The highest BCUT2D eigenvalue weighted by atomic mass is 32.2. The van der Waals surface area contributed by atoms with Gasteiger partial charge in [-0.15, -0.1) is 0 Å². The van der Waals surface area contributed by atoms with Gasteiger partial charge >= 0.3 is 5.97 Å². The predicted octanol–water partition coefficient (Wildman–Crippen LogP) is 2.47. The van der Waals surface area contributed by atoms with Crippen LogP contribution in [0.15, 0.2) is 77.7 Å². The fraction of sp³-hybridized carbons (Fsp3) is 0.167. The number of benzene rings is 3. The Kier molecular flexibility index (Phi) is 6.43. The zero-order valence-corrected chi connectivity index (χ0v) is 18.4. The van der Waals surface area contributed by atoms with Crippen LogP contribution >= 0.6 is 0 Å². The third-order valence-electron chi connectivity index (χ3n) is 5.25. The second kappa shape index (κ2) is 9.43. The molecule has 8 nitrogen and oxygen atoms in total. The standard InChI is InChI=1S/C24H22N2O6S/c25-33(29,30)17-11-9-16(10-12-17)13-14-26-22(27)15-31-24(28)23-18-5-1-3-7-20(18)32-21-8-4-2-6-19(21)23/h1-12,23H,13-15H2,(H,26,27)(H2,25,29,30). The Bertz CT molecular complexity index is 1240. The average molecular weight is 467 g/mol. The number of primary sulfonamides is 1. The second-order valence-electron chi connectivity index (χ2n) is 7.51. The summed E-state index contributed by atoms with van der Waals surface area (Å²) in [6, 6.07) is 20.6. The number of amides is 1. The minimum atomic E-state index is -3.74. The molecule has 3 aromatic rings. The van der Waals surface area contributed by atoms with E-state index in [9.17, 15) is 18.0 Å². The van der Waals surface area contributed by atoms with Crippen LogP contribution in [0.5, 0.6) is 11.5 Å². The Labute approximate surface area is 191 Å². The number of hydrogen-bond donors (Lipinski definition) is 2. The summed E-state index contributed by atoms with van der Waals surface area (Å²) < 4.78 is 33.8. The highest BCUT2D eigenvalue weighted by molar-refractivity contribution is 7.89. The molecule has 0 saturated carbocycles. The third kappa shape index (κ3) is 5.21. The fourth-order valence-electron chi connectivity index (χ4n) is 3.63. The number of nitrogens with one attached hydrogen (secondary N) is 1. The smallest absolute Gasteiger partial charge is 0.318 e. The molecule has 170 valence electrons. The predicted molar refractivity (Wildman–Crippen MR) is 120 cm³/mol. The van der Waals surface area contributed by atoms with E-state index in [0.29, 0.717) is 35.6 Å². The molecule has 0 aromatic heterocycles. The maximum Gasteiger partial charge on any atom is 0.318 e. The summed E-state index contributed by atoms with van der Waals surface area (Å²) in [5, 5.41) is 7.77. The van der Waals surface area contributed by atoms with Crippen molar-refractivity contribution in [2.45, 2.75) is 17.2 Å². The van der Waals surface area contributed by atoms with Gasteiger partial charge in [0.1, 0.15) is 17.4 Å². The van der Waals surface area contributed by atoms with Crippen molar-refractivity contribution >= 4 is 21.9 Å². The van der Waals surface area contributed by atoms with Crippen LogP contribution in [0, 0.1) is 0 Å². The highest BCUT2D eigenvalue weighted by Gasteiger charge is 2.33. The van der Waals surface area contributed by atoms with Gasteiger partial charge in [-0.3, -0.25) is 9.59 Å². The number of ether oxygens (including phenoxy) is 2. The summed E-state index contributed by atoms with van der Waals surface area (Å²) in [6.45, 7) is -0.112. The van der Waals surface area contributed by atoms with Crippen LogP contribution in [0.25, 0.3) is 0 Å². The summed E-state index contributed by atoms with van der Waals surface area (Å²) >= 11 is 0. The Morgan fingerprint density at radius 1 is 0.909 bits per heavy atom. The minimum absolute atomic E-state index is 0.0263. The monoisotopic (exact) mass is 466 g/mol. The molecular formula is C24H22N2O6S. The van der Waals surface area contributed by atoms with Crippen molar-refractivity contribution in [3.8, 4) is 11.5 Å². The molecule has 1 heterocycles. The third-order valence-corrected chi connectivity index (χ3v) is 6.18. The SMILES string of the molecule is NS(=O)(=O)c1ccc(CCNC(=O)COC(=O)C2c3ccccc3Oc3ccccc32)cc1. The number of nitrogens with two attached hydrogens (primary N) is 1. The Morgan fingerprint density at radius 3 is 2.06 bits per heavy atom. The highest BCUT2D eigenvalue weighted by Crippen LogP contribution is 2.44. The van der Waals surface area contributed by atoms with Crippen LogP contribution < -0.4 is 15.2 Å². The molecule has 1 aliphatic heterocycles. The molecule has 3 N–H and O–H groups in total. The van der Waals surface area contributed by atoms with Crippen LogP contribution in [-0.2, 0) is 30.8 Å². The number of hydrogen-bond acceptors (Lipinski definition) is 6. The van der Waals surface area contributed by atoms with Crippen molar-refractivity contribution in [2.24, 2.45) is 5.14 Å². The largest absolute Gasteiger partial charge is 0.457 e. The molecule has 0 radical (unpaired) electrons. The number of fused-ring (bicyclic) bond motifs is 2. The zero-order valence-electron chi connectivity index (χ0n) is 17.6. The topological polar surface area (TPSA) is 125 Å². The molecule has 0 bridgehead atoms. The fourth-order valence-corrected chi connectivity index (χ4v) is 4.14. The molecule has 0 spiro atoms. The van der Waals surface area contributed by atoms with Crippen molar-refractivity contribution in [2.75, 3.05) is 13.2 Å². The van der Waals surface area contributed by atoms with Crippen molar-refractivity contribution in [1.82, 2.24) is 5.32 Å². The molecule has 0 atom stereocenters. The summed E-state index contributed by atoms with van der Waals surface area (Å²) in [6.07, 6.45) is 0.477. The summed E-state index contributed by atoms with van der Waals surface area (Å²) in [5.74, 6) is -0.492. The Hall–Kier alpha value is -3.69. The maximum atomic E-state index is 12.9. The van der Waals surface area contributed by atoms with Gasteiger partial charge in [0.2, 0.25) is 10.0 Å². The van der Waals surface area contributed by atoms with Crippen LogP contribution in [-0.4, -0.2) is 33.4 Å². The van der Waals surface area contributed by atoms with Gasteiger partial charge in [0.25, 0.3) is 5.91 Å². The van der Waals surface area contributed by atoms with E-state index in [4.69, 9.17) is 14.6 Å². The van der Waals surface area contributed by atoms with E-state index in [1.165, 1.54) is 12.1 Å². The number of carbonyl (C=O) groups excluding carboxylic acids is 2. The molecule has 33 heavy (non-hydrogen) atoms. The van der Waals surface area contributed by atoms with Gasteiger partial charge in [-0.05, 0) is 36.2 Å². The lowest BCUT2D eigenvalue weighted by molar-refractivity contribution is -0.149. The van der Waals surface area contributed by atoms with Crippen molar-refractivity contribution in [1.29, 1.82) is 0 Å². The van der Waals surface area contributed by atoms with Crippen molar-refractivity contribution in [3.05, 3.63) is 89.5 Å². The quantitative estimate of drug-likeness (QED) is 0.516. The molecule has 0 aliphatic carbocycles. The van der Waals surface area contributed by atoms with Gasteiger partial charge in [0, 0.05) is 17.7 Å². The summed E-state index contributed by atoms with van der Waals surface area (Å²) in [7, 11) is -3.74. The Morgan fingerprint density at radius 2 is 1.48 bits per heavy atom. The second-order valence-corrected chi connectivity index (χ2v) is 9.07. The van der Waals surface area contributed by atoms with Gasteiger partial charge in [-0.25, -0.2) is 13.6 Å². The van der Waals surface area contributed by atoms with Crippen LogP contribution in [0.4, 0.5) is 0 Å². The van der Waals surface area contributed by atoms with Crippen molar-refractivity contribution < 1.29 is 27.5 Å². The van der Waals surface area contributed by atoms with Gasteiger partial charge in [0.15, 0.2) is 6.61 Å². The zero-order chi connectivity index (χ0) is 23.4. The lowest BCUT2D eigenvalue weighted by Crippen LogP contribution is -2.32. The van der Waals surface area contributed by atoms with Gasteiger partial charge in [-0.2, -0.15) is 0 Å². The van der Waals surface area contributed by atoms with Crippen LogP contribution in [0.3, 0.4) is 0 Å². The van der Waals surface area contributed by atoms with Crippen LogP contribution in [0.1, 0.15) is 22.6 Å². The summed E-state index contributed by atoms with van der Waals surface area (Å²) in [5.41, 5.74) is 2.20. The number of para-hydroxylation sites is 2. The van der Waals surface area contributed by atoms with E-state index in [1.54, 1.807) is 36.4 Å². The average Bonchev–Trinajstić information content (AvgIpc) is 2.80. The molecule has 9 heteroatoms. The van der Waals surface area contributed by atoms with E-state index in [-0.39, 0.29) is 4.90 Å². The van der Waals surface area contributed by atoms with E-state index in [1.807, 2.05) is 24.3 Å². The van der Waals surface area contributed by atoms with Gasteiger partial charge in [0.05, 0.1) is 4.90 Å². The molecule has 1 amide bonds. The van der Waals surface area contributed by atoms with Crippen LogP contribution in [0.2, 0.25) is 0 Å². The molecular weight excluding hydrogens is 444 g/mol. The van der Waals surface area contributed by atoms with E-state index in [0.717, 1.165) is 5.56 Å². The normalized spacial score (nSPS) is 12.8. The van der Waals surface area contributed by atoms with Crippen molar-refractivity contribution in [3.63, 3.8) is 0 Å². The first kappa shape index (κ1) is 22.5. The van der Waals surface area contributed by atoms with Gasteiger partial charge in [-0.1, -0.05) is 48.5 Å². The molecule has 1 aliphatic rings. The number of sulfonamides is 1.